The smallest absolute Gasteiger partial charge is 0.253 e. The van der Waals surface area contributed by atoms with Crippen LogP contribution in [0.5, 0.6) is 5.75 Å². The average molecular weight is 368 g/mol. The topological polar surface area (TPSA) is 42.0 Å². The van der Waals surface area contributed by atoms with Crippen LogP contribution in [0.4, 0.5) is 0 Å². The molecule has 0 atom stereocenters. The highest BCUT2D eigenvalue weighted by molar-refractivity contribution is 5.94. The molecule has 1 aliphatic heterocycles. The fourth-order valence-electron chi connectivity index (χ4n) is 3.37. The van der Waals surface area contributed by atoms with Gasteiger partial charge in [0.1, 0.15) is 5.75 Å². The van der Waals surface area contributed by atoms with Crippen LogP contribution in [0, 0.1) is 0 Å². The highest BCUT2D eigenvalue weighted by atomic mass is 16.5. The fraction of sp³-hybridized carbons (Fsp3) is 0.409. The van der Waals surface area contributed by atoms with Crippen molar-refractivity contribution in [3.05, 3.63) is 65.2 Å². The number of hydrogen-bond donors (Lipinski definition) is 0. The molecule has 5 heteroatoms. The van der Waals surface area contributed by atoms with Gasteiger partial charge in [-0.15, -0.1) is 0 Å². The van der Waals surface area contributed by atoms with Crippen molar-refractivity contribution in [1.82, 2.24) is 9.80 Å². The maximum Gasteiger partial charge on any atom is 0.253 e. The molecule has 2 aromatic carbocycles. The van der Waals surface area contributed by atoms with Crippen molar-refractivity contribution < 1.29 is 14.3 Å². The van der Waals surface area contributed by atoms with E-state index in [1.807, 2.05) is 48.2 Å². The van der Waals surface area contributed by atoms with Crippen LogP contribution >= 0.6 is 0 Å². The van der Waals surface area contributed by atoms with Crippen molar-refractivity contribution in [2.24, 2.45) is 0 Å². The second kappa shape index (κ2) is 9.53. The summed E-state index contributed by atoms with van der Waals surface area (Å²) in [5.41, 5.74) is 3.03. The first-order valence-electron chi connectivity index (χ1n) is 9.51. The van der Waals surface area contributed by atoms with Crippen molar-refractivity contribution >= 4 is 5.91 Å². The van der Waals surface area contributed by atoms with Gasteiger partial charge in [-0.2, -0.15) is 0 Å². The minimum atomic E-state index is 0.105. The second-order valence-electron chi connectivity index (χ2n) is 6.78. The molecule has 27 heavy (non-hydrogen) atoms. The van der Waals surface area contributed by atoms with E-state index in [2.05, 4.69) is 17.0 Å². The number of nitrogens with zero attached hydrogens (tertiary/aromatic N) is 2. The van der Waals surface area contributed by atoms with E-state index in [1.54, 1.807) is 7.11 Å². The minimum absolute atomic E-state index is 0.105. The monoisotopic (exact) mass is 368 g/mol. The lowest BCUT2D eigenvalue weighted by molar-refractivity contribution is 0.0628. The lowest BCUT2D eigenvalue weighted by atomic mass is 10.1. The van der Waals surface area contributed by atoms with E-state index < -0.39 is 0 Å². The number of benzene rings is 2. The van der Waals surface area contributed by atoms with Gasteiger partial charge in [-0.25, -0.2) is 0 Å². The number of rotatable bonds is 7. The SMILES string of the molecule is CCOc1ccc(CN2CCN(C(=O)c3cccc(COC)c3)CC2)cc1. The van der Waals surface area contributed by atoms with Crippen LogP contribution in [0.1, 0.15) is 28.4 Å². The van der Waals surface area contributed by atoms with Gasteiger partial charge in [-0.1, -0.05) is 24.3 Å². The van der Waals surface area contributed by atoms with Gasteiger partial charge in [0.15, 0.2) is 0 Å². The summed E-state index contributed by atoms with van der Waals surface area (Å²) in [6.07, 6.45) is 0. The number of hydrogen-bond acceptors (Lipinski definition) is 4. The van der Waals surface area contributed by atoms with Crippen LogP contribution in [0.2, 0.25) is 0 Å². The lowest BCUT2D eigenvalue weighted by Crippen LogP contribution is -2.48. The summed E-state index contributed by atoms with van der Waals surface area (Å²) in [5, 5.41) is 0. The summed E-state index contributed by atoms with van der Waals surface area (Å²) in [6.45, 7) is 7.38. The molecule has 2 aromatic rings. The molecular weight excluding hydrogens is 340 g/mol. The van der Waals surface area contributed by atoms with Crippen LogP contribution in [0.25, 0.3) is 0 Å². The average Bonchev–Trinajstić information content (AvgIpc) is 2.70. The zero-order valence-corrected chi connectivity index (χ0v) is 16.2. The van der Waals surface area contributed by atoms with Crippen LogP contribution in [0.15, 0.2) is 48.5 Å². The summed E-state index contributed by atoms with van der Waals surface area (Å²) in [5.74, 6) is 1.01. The van der Waals surface area contributed by atoms with E-state index in [4.69, 9.17) is 9.47 Å². The minimum Gasteiger partial charge on any atom is -0.494 e. The number of carbonyl (C=O) groups excluding carboxylic acids is 1. The third-order valence-electron chi connectivity index (χ3n) is 4.78. The predicted octanol–water partition coefficient (Wildman–Crippen LogP) is 3.19. The van der Waals surface area contributed by atoms with Gasteiger partial charge in [0.25, 0.3) is 5.91 Å². The number of methoxy groups -OCH3 is 1. The molecule has 1 aliphatic rings. The van der Waals surface area contributed by atoms with Crippen LogP contribution in [0.3, 0.4) is 0 Å². The number of carbonyl (C=O) groups is 1. The molecule has 0 N–H and O–H groups in total. The Bertz CT molecular complexity index is 737. The Balaban J connectivity index is 1.52. The van der Waals surface area contributed by atoms with E-state index in [0.717, 1.165) is 49.6 Å². The van der Waals surface area contributed by atoms with Crippen molar-refractivity contribution in [3.63, 3.8) is 0 Å². The summed E-state index contributed by atoms with van der Waals surface area (Å²) in [7, 11) is 1.66. The fourth-order valence-corrected chi connectivity index (χ4v) is 3.37. The standard InChI is InChI=1S/C22H28N2O3/c1-3-27-21-9-7-18(8-10-21)16-23-11-13-24(14-12-23)22(25)20-6-4-5-19(15-20)17-26-2/h4-10,15H,3,11-14,16-17H2,1-2H3. The van der Waals surface area contributed by atoms with Crippen molar-refractivity contribution in [1.29, 1.82) is 0 Å². The van der Waals surface area contributed by atoms with Crippen molar-refractivity contribution in [3.8, 4) is 5.75 Å². The zero-order valence-electron chi connectivity index (χ0n) is 16.2. The summed E-state index contributed by atoms with van der Waals surface area (Å²) in [6, 6.07) is 16.0. The molecule has 0 bridgehead atoms. The second-order valence-corrected chi connectivity index (χ2v) is 6.78. The summed E-state index contributed by atoms with van der Waals surface area (Å²) in [4.78, 5) is 17.1. The number of piperazine rings is 1. The van der Waals surface area contributed by atoms with Crippen LogP contribution in [-0.4, -0.2) is 55.6 Å². The van der Waals surface area contributed by atoms with Gasteiger partial charge >= 0.3 is 0 Å². The van der Waals surface area contributed by atoms with Crippen LogP contribution in [-0.2, 0) is 17.9 Å². The number of amides is 1. The van der Waals surface area contributed by atoms with Gasteiger partial charge in [-0.3, -0.25) is 9.69 Å². The van der Waals surface area contributed by atoms with Gasteiger partial charge in [0.2, 0.25) is 0 Å². The lowest BCUT2D eigenvalue weighted by Gasteiger charge is -2.35. The van der Waals surface area contributed by atoms with E-state index in [-0.39, 0.29) is 5.91 Å². The van der Waals surface area contributed by atoms with Gasteiger partial charge in [0, 0.05) is 45.4 Å². The summed E-state index contributed by atoms with van der Waals surface area (Å²) < 4.78 is 10.7. The van der Waals surface area contributed by atoms with Crippen molar-refractivity contribution in [2.75, 3.05) is 39.9 Å². The highest BCUT2D eigenvalue weighted by Gasteiger charge is 2.22. The van der Waals surface area contributed by atoms with E-state index in [1.165, 1.54) is 5.56 Å². The molecule has 1 saturated heterocycles. The molecule has 0 unspecified atom stereocenters. The third-order valence-corrected chi connectivity index (χ3v) is 4.78. The quantitative estimate of drug-likeness (QED) is 0.753. The predicted molar refractivity (Wildman–Crippen MR) is 106 cm³/mol. The molecule has 0 spiro atoms. The molecule has 0 aromatic heterocycles. The molecule has 3 rings (SSSR count). The van der Waals surface area contributed by atoms with Gasteiger partial charge < -0.3 is 14.4 Å². The molecule has 5 nitrogen and oxygen atoms in total. The Kier molecular flexibility index (Phi) is 6.85. The van der Waals surface area contributed by atoms with E-state index in [9.17, 15) is 4.79 Å². The Labute approximate surface area is 161 Å². The number of ether oxygens (including phenoxy) is 2. The Morgan fingerprint density at radius 3 is 2.41 bits per heavy atom. The Morgan fingerprint density at radius 1 is 1.00 bits per heavy atom. The summed E-state index contributed by atoms with van der Waals surface area (Å²) >= 11 is 0. The van der Waals surface area contributed by atoms with Crippen LogP contribution < -0.4 is 4.74 Å². The molecular formula is C22H28N2O3. The first-order chi connectivity index (χ1) is 13.2. The van der Waals surface area contributed by atoms with E-state index >= 15 is 0 Å². The molecule has 1 heterocycles. The third kappa shape index (κ3) is 5.31. The highest BCUT2D eigenvalue weighted by Crippen LogP contribution is 2.16. The molecule has 0 saturated carbocycles. The van der Waals surface area contributed by atoms with E-state index in [0.29, 0.717) is 13.2 Å². The molecule has 144 valence electrons. The molecule has 1 amide bonds. The van der Waals surface area contributed by atoms with Gasteiger partial charge in [-0.05, 0) is 42.3 Å². The Morgan fingerprint density at radius 2 is 1.74 bits per heavy atom. The van der Waals surface area contributed by atoms with Crippen molar-refractivity contribution in [2.45, 2.75) is 20.1 Å². The maximum absolute atomic E-state index is 12.8. The van der Waals surface area contributed by atoms with Gasteiger partial charge in [0.05, 0.1) is 13.2 Å². The molecule has 0 aliphatic carbocycles. The zero-order chi connectivity index (χ0) is 19.1. The molecule has 1 fully saturated rings. The first-order valence-corrected chi connectivity index (χ1v) is 9.51. The first kappa shape index (κ1) is 19.4. The largest absolute Gasteiger partial charge is 0.494 e. The normalized spacial score (nSPS) is 15.0. The molecule has 0 radical (unpaired) electrons. The maximum atomic E-state index is 12.8. The Hall–Kier alpha value is -2.37.